The van der Waals surface area contributed by atoms with Gasteiger partial charge in [0.2, 0.25) is 11.9 Å². The third-order valence-electron chi connectivity index (χ3n) is 7.63. The molecule has 1 aromatic heterocycles. The lowest BCUT2D eigenvalue weighted by molar-refractivity contribution is -0.137. The second-order valence-corrected chi connectivity index (χ2v) is 10.6. The molecular weight excluding hydrogens is 572 g/mol. The number of hydrogen-bond acceptors (Lipinski definition) is 8. The highest BCUT2D eigenvalue weighted by Crippen LogP contribution is 2.39. The zero-order valence-electron chi connectivity index (χ0n) is 23.6. The highest BCUT2D eigenvalue weighted by atomic mass is 19.4. The van der Waals surface area contributed by atoms with E-state index < -0.39 is 41.4 Å². The van der Waals surface area contributed by atoms with Gasteiger partial charge in [-0.2, -0.15) is 18.2 Å². The van der Waals surface area contributed by atoms with Gasteiger partial charge >= 0.3 is 6.18 Å². The summed E-state index contributed by atoms with van der Waals surface area (Å²) in [6.07, 6.45) is 2.90. The first-order valence-electron chi connectivity index (χ1n) is 13.9. The summed E-state index contributed by atoms with van der Waals surface area (Å²) in [5, 5.41) is 11.2. The summed E-state index contributed by atoms with van der Waals surface area (Å²) in [6, 6.07) is 0.903. The number of hydrogen-bond donors (Lipinski definition) is 4. The molecule has 2 atom stereocenters. The number of methoxy groups -OCH3 is 1. The molecule has 1 aromatic carbocycles. The Morgan fingerprint density at radius 1 is 1.14 bits per heavy atom. The lowest BCUT2D eigenvalue weighted by Crippen LogP contribution is -2.44. The Labute approximate surface area is 245 Å². The van der Waals surface area contributed by atoms with Crippen molar-refractivity contribution in [2.24, 2.45) is 0 Å². The molecule has 2 amide bonds. The molecule has 43 heavy (non-hydrogen) atoms. The molecule has 2 aliphatic carbocycles. The van der Waals surface area contributed by atoms with E-state index in [1.54, 1.807) is 0 Å². The lowest BCUT2D eigenvalue weighted by Gasteiger charge is -2.26. The normalized spacial score (nSPS) is 20.4. The maximum absolute atomic E-state index is 15.1. The van der Waals surface area contributed by atoms with Gasteiger partial charge in [-0.05, 0) is 43.7 Å². The van der Waals surface area contributed by atoms with Crippen LogP contribution in [0.1, 0.15) is 54.9 Å². The van der Waals surface area contributed by atoms with Gasteiger partial charge in [0.15, 0.2) is 0 Å². The van der Waals surface area contributed by atoms with Gasteiger partial charge in [0.25, 0.3) is 5.91 Å². The van der Waals surface area contributed by atoms with Crippen LogP contribution in [0.5, 0.6) is 5.75 Å². The number of alkyl halides is 3. The van der Waals surface area contributed by atoms with E-state index in [0.29, 0.717) is 38.7 Å². The monoisotopic (exact) mass is 604 g/mol. The molecule has 1 fully saturated rings. The quantitative estimate of drug-likeness (QED) is 0.322. The maximum atomic E-state index is 15.1. The average Bonchev–Trinajstić information content (AvgIpc) is 3.29. The van der Waals surface area contributed by atoms with Gasteiger partial charge in [0, 0.05) is 38.4 Å². The first-order valence-corrected chi connectivity index (χ1v) is 13.9. The Morgan fingerprint density at radius 2 is 1.91 bits per heavy atom. The van der Waals surface area contributed by atoms with E-state index in [9.17, 15) is 22.8 Å². The van der Waals surface area contributed by atoms with Crippen LogP contribution in [0.25, 0.3) is 0 Å². The molecule has 4 N–H and O–H groups in total. The molecule has 10 nitrogen and oxygen atoms in total. The number of halogens is 4. The Morgan fingerprint density at radius 3 is 2.60 bits per heavy atom. The van der Waals surface area contributed by atoms with Crippen LogP contribution in [0.3, 0.4) is 0 Å². The molecule has 1 saturated heterocycles. The van der Waals surface area contributed by atoms with Gasteiger partial charge < -0.3 is 30.7 Å². The molecule has 14 heteroatoms. The molecule has 0 unspecified atom stereocenters. The van der Waals surface area contributed by atoms with Crippen LogP contribution in [0.4, 0.5) is 35.0 Å². The van der Waals surface area contributed by atoms with Crippen LogP contribution < -0.4 is 26.0 Å². The van der Waals surface area contributed by atoms with Crippen LogP contribution in [0.15, 0.2) is 41.6 Å². The number of amides is 2. The van der Waals surface area contributed by atoms with Crippen molar-refractivity contribution in [1.82, 2.24) is 20.6 Å². The number of carbonyl (C=O) groups is 2. The van der Waals surface area contributed by atoms with Crippen molar-refractivity contribution in [3.8, 4) is 5.75 Å². The second-order valence-electron chi connectivity index (χ2n) is 10.6. The number of carbonyl (C=O) groups excluding carboxylic acids is 2. The van der Waals surface area contributed by atoms with Crippen molar-refractivity contribution in [2.75, 3.05) is 31.0 Å². The third kappa shape index (κ3) is 6.90. The molecular formula is C29H32F4N6O4. The highest BCUT2D eigenvalue weighted by Gasteiger charge is 2.39. The van der Waals surface area contributed by atoms with Gasteiger partial charge in [-0.25, -0.2) is 9.37 Å². The first kappa shape index (κ1) is 30.3. The highest BCUT2D eigenvalue weighted by molar-refractivity contribution is 5.96. The van der Waals surface area contributed by atoms with Crippen molar-refractivity contribution in [3.63, 3.8) is 0 Å². The predicted octanol–water partition coefficient (Wildman–Crippen LogP) is 4.63. The Balaban J connectivity index is 1.40. The van der Waals surface area contributed by atoms with Gasteiger partial charge in [-0.3, -0.25) is 9.59 Å². The summed E-state index contributed by atoms with van der Waals surface area (Å²) < 4.78 is 67.7. The fourth-order valence-electron chi connectivity index (χ4n) is 5.56. The molecule has 0 spiro atoms. The standard InChI is InChI=1S/C29H32F4N6O4/c1-15(40)35-25-18-6-4-3-5-16(18)11-23(25)37-26-20(29(31,32)33)14-34-28(39-26)38-22-13-21(30)19(12-24(22)42-2)27(41)36-17-7-9-43-10-8-17/h4,6,12-14,17,23,25H,3,5,7-11H2,1-2H3,(H,35,40)(H,36,41)(H2,34,37,38,39)/t23-,25-/m1/s1. The molecule has 1 aliphatic heterocycles. The molecule has 0 saturated carbocycles. The molecule has 3 aliphatic rings. The minimum atomic E-state index is -4.78. The number of nitrogens with one attached hydrogen (secondary N) is 4. The molecule has 0 radical (unpaired) electrons. The molecule has 5 rings (SSSR count). The number of ether oxygens (including phenoxy) is 2. The summed E-state index contributed by atoms with van der Waals surface area (Å²) in [6.45, 7) is 2.34. The summed E-state index contributed by atoms with van der Waals surface area (Å²) in [5.74, 6) is -2.51. The van der Waals surface area contributed by atoms with E-state index in [-0.39, 0.29) is 34.9 Å². The van der Waals surface area contributed by atoms with Gasteiger partial charge in [-0.15, -0.1) is 0 Å². The number of nitrogens with zero attached hydrogens (tertiary/aromatic N) is 2. The smallest absolute Gasteiger partial charge is 0.421 e. The second kappa shape index (κ2) is 12.6. The van der Waals surface area contributed by atoms with Crippen LogP contribution in [-0.2, 0) is 15.7 Å². The topological polar surface area (TPSA) is 127 Å². The van der Waals surface area contributed by atoms with Crippen LogP contribution in [0, 0.1) is 5.82 Å². The minimum absolute atomic E-state index is 0.00702. The van der Waals surface area contributed by atoms with Crippen LogP contribution >= 0.6 is 0 Å². The predicted molar refractivity (Wildman–Crippen MR) is 150 cm³/mol. The SMILES string of the molecule is COc1cc(C(=O)NC2CCOCC2)c(F)cc1Nc1ncc(C(F)(F)F)c(N[C@@H]2CC3=C(C=CCC3)[C@H]2NC(C)=O)n1. The largest absolute Gasteiger partial charge is 0.495 e. The average molecular weight is 605 g/mol. The van der Waals surface area contributed by atoms with E-state index in [1.165, 1.54) is 20.1 Å². The summed E-state index contributed by atoms with van der Waals surface area (Å²) in [5.41, 5.74) is 0.591. The van der Waals surface area contributed by atoms with Crippen LogP contribution in [0.2, 0.25) is 0 Å². The van der Waals surface area contributed by atoms with E-state index in [1.807, 2.05) is 12.2 Å². The molecule has 230 valence electrons. The summed E-state index contributed by atoms with van der Waals surface area (Å²) in [7, 11) is 1.31. The number of benzene rings is 1. The fraction of sp³-hybridized carbons (Fsp3) is 0.448. The van der Waals surface area contributed by atoms with E-state index >= 15 is 4.39 Å². The zero-order chi connectivity index (χ0) is 30.7. The minimum Gasteiger partial charge on any atom is -0.495 e. The Hall–Kier alpha value is -4.20. The van der Waals surface area contributed by atoms with Crippen LogP contribution in [-0.4, -0.2) is 60.2 Å². The Bertz CT molecular complexity index is 1460. The van der Waals surface area contributed by atoms with Crippen molar-refractivity contribution >= 4 is 29.3 Å². The fourth-order valence-corrected chi connectivity index (χ4v) is 5.56. The van der Waals surface area contributed by atoms with Crippen molar-refractivity contribution in [2.45, 2.75) is 63.3 Å². The van der Waals surface area contributed by atoms with E-state index in [4.69, 9.17) is 9.47 Å². The molecule has 2 heterocycles. The first-order chi connectivity index (χ1) is 20.5. The lowest BCUT2D eigenvalue weighted by atomic mass is 9.99. The number of aromatic nitrogens is 2. The number of rotatable bonds is 8. The third-order valence-corrected chi connectivity index (χ3v) is 7.63. The molecule has 2 aromatic rings. The zero-order valence-corrected chi connectivity index (χ0v) is 23.6. The summed E-state index contributed by atoms with van der Waals surface area (Å²) >= 11 is 0. The van der Waals surface area contributed by atoms with E-state index in [2.05, 4.69) is 31.2 Å². The van der Waals surface area contributed by atoms with Gasteiger partial charge in [-0.1, -0.05) is 17.7 Å². The number of allylic oxidation sites excluding steroid dienone is 1. The van der Waals surface area contributed by atoms with Gasteiger partial charge in [0.1, 0.15) is 22.9 Å². The number of anilines is 3. The van der Waals surface area contributed by atoms with Crippen molar-refractivity contribution in [1.29, 1.82) is 0 Å². The van der Waals surface area contributed by atoms with E-state index in [0.717, 1.165) is 30.1 Å². The molecule has 0 bridgehead atoms. The summed E-state index contributed by atoms with van der Waals surface area (Å²) in [4.78, 5) is 32.6. The van der Waals surface area contributed by atoms with Crippen molar-refractivity contribution < 1.29 is 36.6 Å². The van der Waals surface area contributed by atoms with Gasteiger partial charge in [0.05, 0.1) is 30.4 Å². The Kier molecular flexibility index (Phi) is 8.85. The maximum Gasteiger partial charge on any atom is 0.421 e. The van der Waals surface area contributed by atoms with Crippen molar-refractivity contribution in [3.05, 3.63) is 58.6 Å².